The highest BCUT2D eigenvalue weighted by molar-refractivity contribution is 7.23. The monoisotopic (exact) mass is 689 g/mol. The standard InChI is InChI=1S/C33H30ClF2N9O2S/c34-26-23(17-4-5-21(36)28-24(17)18(9-37)29(38)48-28)19-12-46-13-20(19)25-27(26)41-32(47-14-33-6-1-7-45(33)11-16(35)8-33)42-31(25)39-10-22-40-30(44-43-22)15-2-3-15/h4-5,15-16H,1-3,6-8,10-14,38H2,(H,39,41,42)(H,40,43,44)/t16-,33+/m1/s1. The van der Waals surface area contributed by atoms with E-state index >= 15 is 4.39 Å². The lowest BCUT2D eigenvalue weighted by Crippen LogP contribution is -2.43. The minimum atomic E-state index is -0.900. The van der Waals surface area contributed by atoms with Gasteiger partial charge in [-0.1, -0.05) is 17.7 Å². The summed E-state index contributed by atoms with van der Waals surface area (Å²) in [4.78, 5) is 16.5. The van der Waals surface area contributed by atoms with Gasteiger partial charge in [0.15, 0.2) is 5.82 Å². The van der Waals surface area contributed by atoms with E-state index in [0.717, 1.165) is 60.5 Å². The molecule has 2 aromatic carbocycles. The van der Waals surface area contributed by atoms with Crippen molar-refractivity contribution in [1.82, 2.24) is 30.0 Å². The number of anilines is 2. The Morgan fingerprint density at radius 3 is 2.92 bits per heavy atom. The van der Waals surface area contributed by atoms with Gasteiger partial charge >= 0.3 is 6.01 Å². The number of rotatable bonds is 8. The maximum absolute atomic E-state index is 15.1. The van der Waals surface area contributed by atoms with E-state index in [0.29, 0.717) is 64.5 Å². The number of benzene rings is 2. The summed E-state index contributed by atoms with van der Waals surface area (Å²) in [5.41, 5.74) is 9.16. The fraction of sp³-hybridized carbons (Fsp3) is 0.424. The Labute approximate surface area is 282 Å². The van der Waals surface area contributed by atoms with Crippen LogP contribution in [-0.2, 0) is 24.5 Å². The molecule has 3 fully saturated rings. The minimum absolute atomic E-state index is 0.0956. The average molecular weight is 690 g/mol. The number of nitrogens with two attached hydrogens (primary N) is 1. The fourth-order valence-corrected chi connectivity index (χ4v) is 9.02. The smallest absolute Gasteiger partial charge is 0.319 e. The van der Waals surface area contributed by atoms with Gasteiger partial charge in [-0.25, -0.2) is 13.8 Å². The molecule has 6 heterocycles. The second kappa shape index (κ2) is 11.2. The zero-order chi connectivity index (χ0) is 32.7. The summed E-state index contributed by atoms with van der Waals surface area (Å²) in [7, 11) is 0. The summed E-state index contributed by atoms with van der Waals surface area (Å²) in [6.45, 7) is 2.29. The van der Waals surface area contributed by atoms with Crippen molar-refractivity contribution in [3.8, 4) is 23.2 Å². The Morgan fingerprint density at radius 2 is 2.08 bits per heavy atom. The number of aromatic nitrogens is 5. The fourth-order valence-electron chi connectivity index (χ4n) is 7.72. The van der Waals surface area contributed by atoms with Crippen LogP contribution in [-0.4, -0.2) is 61.5 Å². The highest BCUT2D eigenvalue weighted by Gasteiger charge is 2.49. The van der Waals surface area contributed by atoms with Gasteiger partial charge in [0, 0.05) is 29.8 Å². The van der Waals surface area contributed by atoms with Gasteiger partial charge in [0.25, 0.3) is 0 Å². The number of halogens is 3. The molecule has 2 atom stereocenters. The maximum atomic E-state index is 15.1. The first-order valence-electron chi connectivity index (χ1n) is 16.0. The topological polar surface area (TPSA) is 151 Å². The second-order valence-corrected chi connectivity index (χ2v) is 14.5. The molecule has 0 amide bonds. The number of nitrogen functional groups attached to an aromatic ring is 1. The van der Waals surface area contributed by atoms with Crippen LogP contribution in [0.25, 0.3) is 32.1 Å². The molecule has 246 valence electrons. The Morgan fingerprint density at radius 1 is 1.23 bits per heavy atom. The van der Waals surface area contributed by atoms with Crippen LogP contribution in [0.1, 0.15) is 66.4 Å². The molecule has 4 N–H and O–H groups in total. The number of aromatic amines is 1. The molecule has 0 radical (unpaired) electrons. The molecule has 15 heteroatoms. The summed E-state index contributed by atoms with van der Waals surface area (Å²) >= 11 is 8.35. The number of ether oxygens (including phenoxy) is 2. The molecule has 0 spiro atoms. The molecule has 3 aliphatic heterocycles. The van der Waals surface area contributed by atoms with Crippen molar-refractivity contribution in [2.24, 2.45) is 0 Å². The molecule has 9 rings (SSSR count). The SMILES string of the molecule is N#Cc1c(N)sc2c(F)ccc(-c3c4c(c5c(NCc6nc(C7CC7)n[nH]6)nc(OC[C@@]67CCCN6C[C@H](F)C7)nc5c3Cl)COC4)c12. The zero-order valence-electron chi connectivity index (χ0n) is 25.7. The lowest BCUT2D eigenvalue weighted by molar-refractivity contribution is 0.107. The van der Waals surface area contributed by atoms with E-state index in [-0.39, 0.29) is 46.1 Å². The summed E-state index contributed by atoms with van der Waals surface area (Å²) in [6.07, 6.45) is 3.50. The van der Waals surface area contributed by atoms with Crippen LogP contribution in [0.15, 0.2) is 12.1 Å². The first kappa shape index (κ1) is 29.9. The van der Waals surface area contributed by atoms with E-state index in [1.165, 1.54) is 6.07 Å². The highest BCUT2D eigenvalue weighted by atomic mass is 35.5. The molecule has 0 unspecified atom stereocenters. The van der Waals surface area contributed by atoms with E-state index in [9.17, 15) is 9.65 Å². The molecule has 0 bridgehead atoms. The maximum Gasteiger partial charge on any atom is 0.319 e. The number of thiophene rings is 1. The summed E-state index contributed by atoms with van der Waals surface area (Å²) < 4.78 is 42.2. The van der Waals surface area contributed by atoms with Gasteiger partial charge in [0.1, 0.15) is 41.3 Å². The molecule has 4 aliphatic rings. The van der Waals surface area contributed by atoms with Crippen molar-refractivity contribution >= 4 is 54.7 Å². The van der Waals surface area contributed by atoms with Crippen molar-refractivity contribution in [2.75, 3.05) is 30.7 Å². The van der Waals surface area contributed by atoms with Crippen LogP contribution in [0.4, 0.5) is 19.6 Å². The summed E-state index contributed by atoms with van der Waals surface area (Å²) in [5.74, 6) is 1.88. The molecule has 3 aromatic heterocycles. The van der Waals surface area contributed by atoms with Crippen LogP contribution in [0.5, 0.6) is 6.01 Å². The predicted octanol–water partition coefficient (Wildman–Crippen LogP) is 6.35. The number of nitrogens with zero attached hydrogens (tertiary/aromatic N) is 6. The van der Waals surface area contributed by atoms with Crippen molar-refractivity contribution in [1.29, 1.82) is 5.26 Å². The summed E-state index contributed by atoms with van der Waals surface area (Å²) in [6, 6.07) is 5.23. The lowest BCUT2D eigenvalue weighted by atomic mass is 9.91. The van der Waals surface area contributed by atoms with E-state index < -0.39 is 17.5 Å². The van der Waals surface area contributed by atoms with Gasteiger partial charge in [-0.05, 0) is 55.0 Å². The van der Waals surface area contributed by atoms with Gasteiger partial charge in [0.05, 0.1) is 51.5 Å². The normalized spacial score (nSPS) is 22.0. The Hall–Kier alpha value is -4.16. The van der Waals surface area contributed by atoms with Gasteiger partial charge in [-0.15, -0.1) is 11.3 Å². The molecule has 2 saturated heterocycles. The van der Waals surface area contributed by atoms with Crippen molar-refractivity contribution < 1.29 is 18.3 Å². The van der Waals surface area contributed by atoms with Gasteiger partial charge in [0.2, 0.25) is 0 Å². The van der Waals surface area contributed by atoms with Crippen LogP contribution in [0, 0.1) is 17.1 Å². The zero-order valence-corrected chi connectivity index (χ0v) is 27.3. The number of H-pyrrole nitrogens is 1. The first-order valence-corrected chi connectivity index (χ1v) is 17.2. The first-order chi connectivity index (χ1) is 23.3. The molecule has 5 aromatic rings. The predicted molar refractivity (Wildman–Crippen MR) is 177 cm³/mol. The third-order valence-corrected chi connectivity index (χ3v) is 11.5. The van der Waals surface area contributed by atoms with E-state index in [4.69, 9.17) is 36.8 Å². The number of hydrogen-bond acceptors (Lipinski definition) is 11. The quantitative estimate of drug-likeness (QED) is 0.168. The lowest BCUT2D eigenvalue weighted by Gasteiger charge is -2.30. The Balaban J connectivity index is 1.20. The molecular weight excluding hydrogens is 660 g/mol. The largest absolute Gasteiger partial charge is 0.461 e. The highest BCUT2D eigenvalue weighted by Crippen LogP contribution is 2.49. The van der Waals surface area contributed by atoms with Crippen LogP contribution < -0.4 is 15.8 Å². The third-order valence-electron chi connectivity index (χ3n) is 10.1. The van der Waals surface area contributed by atoms with Crippen molar-refractivity contribution in [2.45, 2.75) is 69.5 Å². The van der Waals surface area contributed by atoms with Crippen molar-refractivity contribution in [3.05, 3.63) is 51.3 Å². The average Bonchev–Trinajstić information content (AvgIpc) is 3.45. The number of hydrogen-bond donors (Lipinski definition) is 3. The molecule has 11 nitrogen and oxygen atoms in total. The van der Waals surface area contributed by atoms with E-state index in [2.05, 4.69) is 31.5 Å². The molecular formula is C33H30ClF2N9O2S. The van der Waals surface area contributed by atoms with Gasteiger partial charge in [-0.2, -0.15) is 20.3 Å². The summed E-state index contributed by atoms with van der Waals surface area (Å²) in [5, 5.41) is 22.4. The Kier molecular flexibility index (Phi) is 6.98. The number of alkyl halides is 1. The van der Waals surface area contributed by atoms with Crippen LogP contribution in [0.2, 0.25) is 5.02 Å². The number of nitrogens with one attached hydrogen (secondary N) is 2. The van der Waals surface area contributed by atoms with Crippen molar-refractivity contribution in [3.63, 3.8) is 0 Å². The van der Waals surface area contributed by atoms with Gasteiger partial charge in [-0.3, -0.25) is 10.00 Å². The van der Waals surface area contributed by atoms with Crippen LogP contribution >= 0.6 is 22.9 Å². The third kappa shape index (κ3) is 4.70. The molecule has 48 heavy (non-hydrogen) atoms. The van der Waals surface area contributed by atoms with E-state index in [1.54, 1.807) is 6.07 Å². The number of nitriles is 1. The second-order valence-electron chi connectivity index (χ2n) is 13.1. The Bertz CT molecular complexity index is 2180. The van der Waals surface area contributed by atoms with Gasteiger partial charge < -0.3 is 20.5 Å². The van der Waals surface area contributed by atoms with E-state index in [1.807, 2.05) is 0 Å². The molecule has 1 aliphatic carbocycles. The van der Waals surface area contributed by atoms with Crippen LogP contribution in [0.3, 0.4) is 0 Å². The minimum Gasteiger partial charge on any atom is -0.461 e. The molecule has 1 saturated carbocycles. The number of fused-ring (bicyclic) bond motifs is 5.